The zero-order chi connectivity index (χ0) is 11.5. The Kier molecular flexibility index (Phi) is 3.14. The molecule has 0 amide bonds. The van der Waals surface area contributed by atoms with Crippen molar-refractivity contribution in [3.63, 3.8) is 0 Å². The number of hydrogen-bond acceptors (Lipinski definition) is 4. The van der Waals surface area contributed by atoms with E-state index >= 15 is 0 Å². The van der Waals surface area contributed by atoms with Crippen molar-refractivity contribution < 1.29 is 9.90 Å². The second-order valence-corrected chi connectivity index (χ2v) is 4.13. The molecular weight excluding hydrogens is 206 g/mol. The van der Waals surface area contributed by atoms with Gasteiger partial charge in [-0.05, 0) is 19.9 Å². The normalized spacial score (nSPS) is 23.2. The smallest absolute Gasteiger partial charge is 0.307 e. The molecule has 0 bridgehead atoms. The molecule has 0 saturated carbocycles. The van der Waals surface area contributed by atoms with Crippen LogP contribution in [0.2, 0.25) is 0 Å². The molecule has 1 N–H and O–H groups in total. The number of carbonyl (C=O) groups is 1. The van der Waals surface area contributed by atoms with E-state index in [9.17, 15) is 4.79 Å². The van der Waals surface area contributed by atoms with E-state index in [-0.39, 0.29) is 12.0 Å². The van der Waals surface area contributed by atoms with Crippen LogP contribution in [0.1, 0.15) is 25.1 Å². The molecule has 2 atom stereocenters. The lowest BCUT2D eigenvalue weighted by atomic mass is 10.1. The van der Waals surface area contributed by atoms with Crippen LogP contribution in [-0.4, -0.2) is 39.0 Å². The number of hydrogen-bond donors (Lipinski definition) is 1. The van der Waals surface area contributed by atoms with E-state index in [1.54, 1.807) is 18.6 Å². The minimum absolute atomic E-state index is 0.137. The van der Waals surface area contributed by atoms with Gasteiger partial charge in [-0.15, -0.1) is 0 Å². The number of likely N-dealkylation sites (tertiary alicyclic amines) is 1. The van der Waals surface area contributed by atoms with Crippen molar-refractivity contribution in [2.75, 3.05) is 13.1 Å². The van der Waals surface area contributed by atoms with Crippen molar-refractivity contribution in [3.05, 3.63) is 24.3 Å². The lowest BCUT2D eigenvalue weighted by molar-refractivity contribution is -0.141. The van der Waals surface area contributed by atoms with Crippen molar-refractivity contribution in [1.29, 1.82) is 0 Å². The highest BCUT2D eigenvalue weighted by molar-refractivity contribution is 5.70. The van der Waals surface area contributed by atoms with Gasteiger partial charge in [0.25, 0.3) is 0 Å². The van der Waals surface area contributed by atoms with Gasteiger partial charge in [0.2, 0.25) is 0 Å². The van der Waals surface area contributed by atoms with E-state index < -0.39 is 5.97 Å². The summed E-state index contributed by atoms with van der Waals surface area (Å²) < 4.78 is 0. The fourth-order valence-electron chi connectivity index (χ4n) is 2.05. The first-order valence-electron chi connectivity index (χ1n) is 5.41. The molecule has 86 valence electrons. The Labute approximate surface area is 94.1 Å². The van der Waals surface area contributed by atoms with Crippen LogP contribution in [-0.2, 0) is 4.79 Å². The maximum absolute atomic E-state index is 10.9. The quantitative estimate of drug-likeness (QED) is 0.823. The standard InChI is InChI=1S/C11H15N3O2/c1-8(10-6-12-3-4-13-10)14-5-2-9(7-14)11(15)16/h3-4,6,8-9H,2,5,7H2,1H3,(H,15,16). The highest BCUT2D eigenvalue weighted by Gasteiger charge is 2.31. The van der Waals surface area contributed by atoms with E-state index in [1.165, 1.54) is 0 Å². The topological polar surface area (TPSA) is 66.3 Å². The average Bonchev–Trinajstić information content (AvgIpc) is 2.78. The molecule has 1 saturated heterocycles. The first-order valence-corrected chi connectivity index (χ1v) is 5.41. The van der Waals surface area contributed by atoms with Crippen LogP contribution in [0.25, 0.3) is 0 Å². The van der Waals surface area contributed by atoms with E-state index in [0.717, 1.165) is 18.7 Å². The second-order valence-electron chi connectivity index (χ2n) is 4.13. The average molecular weight is 221 g/mol. The van der Waals surface area contributed by atoms with Gasteiger partial charge in [-0.25, -0.2) is 0 Å². The Morgan fingerprint density at radius 2 is 2.44 bits per heavy atom. The van der Waals surface area contributed by atoms with E-state index in [1.807, 2.05) is 6.92 Å². The molecular formula is C11H15N3O2. The molecule has 16 heavy (non-hydrogen) atoms. The Hall–Kier alpha value is -1.49. The molecule has 5 heteroatoms. The van der Waals surface area contributed by atoms with Crippen molar-refractivity contribution in [3.8, 4) is 0 Å². The summed E-state index contributed by atoms with van der Waals surface area (Å²) in [5.74, 6) is -0.937. The Balaban J connectivity index is 2.02. The van der Waals surface area contributed by atoms with Crippen molar-refractivity contribution in [2.45, 2.75) is 19.4 Å². The molecule has 5 nitrogen and oxygen atoms in total. The molecule has 1 aromatic rings. The lowest BCUT2D eigenvalue weighted by Gasteiger charge is -2.22. The second kappa shape index (κ2) is 4.57. The maximum atomic E-state index is 10.9. The molecule has 0 aromatic carbocycles. The predicted octanol–water partition coefficient (Wildman–Crippen LogP) is 0.944. The summed E-state index contributed by atoms with van der Waals surface area (Å²) in [6, 6.07) is 0.137. The van der Waals surface area contributed by atoms with Crippen LogP contribution in [0.5, 0.6) is 0 Å². The van der Waals surface area contributed by atoms with Gasteiger partial charge in [-0.3, -0.25) is 19.7 Å². The van der Waals surface area contributed by atoms with Gasteiger partial charge >= 0.3 is 5.97 Å². The fourth-order valence-corrected chi connectivity index (χ4v) is 2.05. The largest absolute Gasteiger partial charge is 0.481 e. The van der Waals surface area contributed by atoms with Crippen LogP contribution in [0, 0.1) is 5.92 Å². The number of rotatable bonds is 3. The zero-order valence-corrected chi connectivity index (χ0v) is 9.21. The number of carboxylic acid groups (broad SMARTS) is 1. The molecule has 1 aromatic heterocycles. The highest BCUT2D eigenvalue weighted by atomic mass is 16.4. The third kappa shape index (κ3) is 2.19. The zero-order valence-electron chi connectivity index (χ0n) is 9.21. The van der Waals surface area contributed by atoms with Crippen LogP contribution >= 0.6 is 0 Å². The lowest BCUT2D eigenvalue weighted by Crippen LogP contribution is -2.26. The summed E-state index contributed by atoms with van der Waals surface area (Å²) in [6.07, 6.45) is 5.76. The summed E-state index contributed by atoms with van der Waals surface area (Å²) in [7, 11) is 0. The van der Waals surface area contributed by atoms with Crippen LogP contribution in [0.3, 0.4) is 0 Å². The van der Waals surface area contributed by atoms with Crippen LogP contribution in [0.4, 0.5) is 0 Å². The van der Waals surface area contributed by atoms with Gasteiger partial charge in [0.05, 0.1) is 17.7 Å². The van der Waals surface area contributed by atoms with E-state index in [2.05, 4.69) is 14.9 Å². The molecule has 2 unspecified atom stereocenters. The predicted molar refractivity (Wildman–Crippen MR) is 57.8 cm³/mol. The van der Waals surface area contributed by atoms with Crippen molar-refractivity contribution >= 4 is 5.97 Å². The van der Waals surface area contributed by atoms with Crippen LogP contribution in [0.15, 0.2) is 18.6 Å². The molecule has 2 rings (SSSR count). The molecule has 1 fully saturated rings. The van der Waals surface area contributed by atoms with Crippen LogP contribution < -0.4 is 0 Å². The summed E-state index contributed by atoms with van der Waals surface area (Å²) in [5, 5.41) is 8.93. The molecule has 0 spiro atoms. The Bertz CT molecular complexity index is 369. The fraction of sp³-hybridized carbons (Fsp3) is 0.545. The molecule has 2 heterocycles. The molecule has 1 aliphatic rings. The Morgan fingerprint density at radius 3 is 3.00 bits per heavy atom. The van der Waals surface area contributed by atoms with Gasteiger partial charge in [-0.2, -0.15) is 0 Å². The monoisotopic (exact) mass is 221 g/mol. The molecule has 0 aliphatic carbocycles. The van der Waals surface area contributed by atoms with Gasteiger partial charge < -0.3 is 5.11 Å². The van der Waals surface area contributed by atoms with Gasteiger partial charge in [0.1, 0.15) is 0 Å². The number of nitrogens with zero attached hydrogens (tertiary/aromatic N) is 3. The summed E-state index contributed by atoms with van der Waals surface area (Å²) in [6.45, 7) is 3.45. The van der Waals surface area contributed by atoms with Crippen molar-refractivity contribution in [1.82, 2.24) is 14.9 Å². The summed E-state index contributed by atoms with van der Waals surface area (Å²) >= 11 is 0. The molecule has 1 aliphatic heterocycles. The first-order chi connectivity index (χ1) is 7.68. The summed E-state index contributed by atoms with van der Waals surface area (Å²) in [4.78, 5) is 21.3. The third-order valence-electron chi connectivity index (χ3n) is 3.13. The highest BCUT2D eigenvalue weighted by Crippen LogP contribution is 2.25. The van der Waals surface area contributed by atoms with Gasteiger partial charge in [0.15, 0.2) is 0 Å². The third-order valence-corrected chi connectivity index (χ3v) is 3.13. The number of aromatic nitrogens is 2. The molecule has 0 radical (unpaired) electrons. The van der Waals surface area contributed by atoms with Crippen molar-refractivity contribution in [2.24, 2.45) is 5.92 Å². The minimum atomic E-state index is -0.700. The van der Waals surface area contributed by atoms with Gasteiger partial charge in [-0.1, -0.05) is 0 Å². The Morgan fingerprint density at radius 1 is 1.62 bits per heavy atom. The van der Waals surface area contributed by atoms with E-state index in [0.29, 0.717) is 6.54 Å². The summed E-state index contributed by atoms with van der Waals surface area (Å²) in [5.41, 5.74) is 0.897. The first kappa shape index (κ1) is 11.0. The SMILES string of the molecule is CC(c1cnccn1)N1CCC(C(=O)O)C1. The van der Waals surface area contributed by atoms with Gasteiger partial charge in [0, 0.05) is 25.1 Å². The minimum Gasteiger partial charge on any atom is -0.481 e. The number of aliphatic carboxylic acids is 1. The number of carboxylic acids is 1. The maximum Gasteiger partial charge on any atom is 0.307 e. The van der Waals surface area contributed by atoms with E-state index in [4.69, 9.17) is 5.11 Å².